The van der Waals surface area contributed by atoms with Gasteiger partial charge < -0.3 is 14.6 Å². The van der Waals surface area contributed by atoms with Crippen LogP contribution in [0.25, 0.3) is 0 Å². The summed E-state index contributed by atoms with van der Waals surface area (Å²) in [5.41, 5.74) is 1.34. The van der Waals surface area contributed by atoms with Crippen molar-refractivity contribution in [1.29, 1.82) is 0 Å². The summed E-state index contributed by atoms with van der Waals surface area (Å²) in [6.07, 6.45) is 4.46. The first-order valence-electron chi connectivity index (χ1n) is 7.82. The molecule has 1 fully saturated rings. The monoisotopic (exact) mass is 279 g/mol. The molecule has 114 valence electrons. The Kier molecular flexibility index (Phi) is 6.07. The molecule has 0 radical (unpaired) electrons. The van der Waals surface area contributed by atoms with Crippen molar-refractivity contribution in [2.75, 3.05) is 40.3 Å². The lowest BCUT2D eigenvalue weighted by atomic mass is 9.96. The van der Waals surface area contributed by atoms with Gasteiger partial charge in [-0.2, -0.15) is 0 Å². The summed E-state index contributed by atoms with van der Waals surface area (Å²) < 4.78 is 5.59. The summed E-state index contributed by atoms with van der Waals surface area (Å²) in [4.78, 5) is 4.87. The minimum absolute atomic E-state index is 0.843. The Morgan fingerprint density at radius 3 is 2.75 bits per heavy atom. The molecule has 1 aliphatic rings. The zero-order chi connectivity index (χ0) is 14.4. The number of piperidine rings is 1. The van der Waals surface area contributed by atoms with Crippen molar-refractivity contribution in [3.8, 4) is 0 Å². The van der Waals surface area contributed by atoms with Crippen LogP contribution in [0.15, 0.2) is 16.7 Å². The lowest BCUT2D eigenvalue weighted by Crippen LogP contribution is -2.36. The standard InChI is InChI=1S/C16H29N3O/c1-4-17-11-16-15(7-10-20-16)13-19-8-5-14(6-9-19)12-18(2)3/h7,10,14,17H,4-6,8-9,11-13H2,1-3H3. The van der Waals surface area contributed by atoms with Crippen LogP contribution in [0.5, 0.6) is 0 Å². The van der Waals surface area contributed by atoms with E-state index in [-0.39, 0.29) is 0 Å². The Morgan fingerprint density at radius 2 is 2.10 bits per heavy atom. The van der Waals surface area contributed by atoms with E-state index in [0.717, 1.165) is 31.3 Å². The van der Waals surface area contributed by atoms with Gasteiger partial charge in [-0.3, -0.25) is 4.90 Å². The molecule has 0 atom stereocenters. The van der Waals surface area contributed by atoms with Crippen LogP contribution in [0.4, 0.5) is 0 Å². The maximum Gasteiger partial charge on any atom is 0.122 e. The van der Waals surface area contributed by atoms with Crippen molar-refractivity contribution in [3.63, 3.8) is 0 Å². The third kappa shape index (κ3) is 4.62. The quantitative estimate of drug-likeness (QED) is 0.829. The Bertz CT molecular complexity index is 381. The minimum atomic E-state index is 0.843. The summed E-state index contributed by atoms with van der Waals surface area (Å²) in [5.74, 6) is 1.97. The predicted octanol–water partition coefficient (Wildman–Crippen LogP) is 2.16. The molecule has 1 aromatic rings. The summed E-state index contributed by atoms with van der Waals surface area (Å²) in [7, 11) is 4.34. The molecule has 0 amide bonds. The van der Waals surface area contributed by atoms with E-state index in [1.165, 1.54) is 38.0 Å². The molecule has 0 bridgehead atoms. The number of furan rings is 1. The highest BCUT2D eigenvalue weighted by atomic mass is 16.3. The molecule has 1 aliphatic heterocycles. The molecule has 0 aliphatic carbocycles. The summed E-state index contributed by atoms with van der Waals surface area (Å²) >= 11 is 0. The average molecular weight is 279 g/mol. The smallest absolute Gasteiger partial charge is 0.122 e. The van der Waals surface area contributed by atoms with Crippen LogP contribution in [-0.2, 0) is 13.1 Å². The maximum absolute atomic E-state index is 5.59. The van der Waals surface area contributed by atoms with Gasteiger partial charge in [-0.1, -0.05) is 6.92 Å². The van der Waals surface area contributed by atoms with Crippen molar-refractivity contribution >= 4 is 0 Å². The molecule has 20 heavy (non-hydrogen) atoms. The molecule has 0 unspecified atom stereocenters. The summed E-state index contributed by atoms with van der Waals surface area (Å²) in [6.45, 7) is 8.63. The molecule has 2 rings (SSSR count). The molecule has 2 heterocycles. The second-order valence-electron chi connectivity index (χ2n) is 6.13. The van der Waals surface area contributed by atoms with Crippen LogP contribution < -0.4 is 5.32 Å². The van der Waals surface area contributed by atoms with Gasteiger partial charge >= 0.3 is 0 Å². The van der Waals surface area contributed by atoms with E-state index in [2.05, 4.69) is 42.2 Å². The van der Waals surface area contributed by atoms with Gasteiger partial charge in [0, 0.05) is 18.7 Å². The van der Waals surface area contributed by atoms with E-state index in [1.807, 2.05) is 6.26 Å². The first-order valence-corrected chi connectivity index (χ1v) is 7.82. The van der Waals surface area contributed by atoms with Crippen molar-refractivity contribution in [3.05, 3.63) is 23.7 Å². The molecule has 4 heteroatoms. The molecule has 4 nitrogen and oxygen atoms in total. The van der Waals surface area contributed by atoms with E-state index in [1.54, 1.807) is 0 Å². The predicted molar refractivity (Wildman–Crippen MR) is 82.6 cm³/mol. The fraction of sp³-hybridized carbons (Fsp3) is 0.750. The number of rotatable bonds is 7. The van der Waals surface area contributed by atoms with E-state index in [4.69, 9.17) is 4.42 Å². The third-order valence-corrected chi connectivity index (χ3v) is 4.10. The Balaban J connectivity index is 1.79. The Hall–Kier alpha value is -0.840. The fourth-order valence-corrected chi connectivity index (χ4v) is 2.99. The van der Waals surface area contributed by atoms with Gasteiger partial charge in [-0.15, -0.1) is 0 Å². The first-order chi connectivity index (χ1) is 9.69. The van der Waals surface area contributed by atoms with E-state index < -0.39 is 0 Å². The highest BCUT2D eigenvalue weighted by Crippen LogP contribution is 2.21. The molecule has 1 aromatic heterocycles. The molecule has 0 aromatic carbocycles. The number of hydrogen-bond donors (Lipinski definition) is 1. The highest BCUT2D eigenvalue weighted by molar-refractivity contribution is 5.17. The van der Waals surface area contributed by atoms with Crippen LogP contribution in [0.2, 0.25) is 0 Å². The van der Waals surface area contributed by atoms with E-state index in [0.29, 0.717) is 0 Å². The van der Waals surface area contributed by atoms with Crippen molar-refractivity contribution in [1.82, 2.24) is 15.1 Å². The molecule has 1 saturated heterocycles. The van der Waals surface area contributed by atoms with Gasteiger partial charge in [0.25, 0.3) is 0 Å². The van der Waals surface area contributed by atoms with Crippen LogP contribution in [0.3, 0.4) is 0 Å². The number of nitrogens with one attached hydrogen (secondary N) is 1. The van der Waals surface area contributed by atoms with Crippen LogP contribution in [0.1, 0.15) is 31.1 Å². The molecular weight excluding hydrogens is 250 g/mol. The van der Waals surface area contributed by atoms with Crippen LogP contribution >= 0.6 is 0 Å². The fourth-order valence-electron chi connectivity index (χ4n) is 2.99. The van der Waals surface area contributed by atoms with Crippen molar-refractivity contribution in [2.24, 2.45) is 5.92 Å². The number of likely N-dealkylation sites (tertiary alicyclic amines) is 1. The van der Waals surface area contributed by atoms with Gasteiger partial charge in [0.1, 0.15) is 5.76 Å². The normalized spacial score (nSPS) is 18.0. The Labute approximate surface area is 123 Å². The van der Waals surface area contributed by atoms with Gasteiger partial charge in [0.15, 0.2) is 0 Å². The van der Waals surface area contributed by atoms with E-state index in [9.17, 15) is 0 Å². The summed E-state index contributed by atoms with van der Waals surface area (Å²) in [5, 5.41) is 3.34. The zero-order valence-corrected chi connectivity index (χ0v) is 13.2. The van der Waals surface area contributed by atoms with Crippen LogP contribution in [-0.4, -0.2) is 50.1 Å². The van der Waals surface area contributed by atoms with Crippen molar-refractivity contribution < 1.29 is 4.42 Å². The largest absolute Gasteiger partial charge is 0.468 e. The Morgan fingerprint density at radius 1 is 1.35 bits per heavy atom. The van der Waals surface area contributed by atoms with Gasteiger partial charge in [0.05, 0.1) is 12.8 Å². The zero-order valence-electron chi connectivity index (χ0n) is 13.2. The number of nitrogens with zero attached hydrogens (tertiary/aromatic N) is 2. The molecule has 0 saturated carbocycles. The highest BCUT2D eigenvalue weighted by Gasteiger charge is 2.20. The molecular formula is C16H29N3O. The lowest BCUT2D eigenvalue weighted by molar-refractivity contribution is 0.156. The third-order valence-electron chi connectivity index (χ3n) is 4.10. The van der Waals surface area contributed by atoms with E-state index >= 15 is 0 Å². The SMILES string of the molecule is CCNCc1occc1CN1CCC(CN(C)C)CC1. The first kappa shape index (κ1) is 15.5. The minimum Gasteiger partial charge on any atom is -0.468 e. The maximum atomic E-state index is 5.59. The van der Waals surface area contributed by atoms with Crippen molar-refractivity contribution in [2.45, 2.75) is 32.9 Å². The average Bonchev–Trinajstić information content (AvgIpc) is 2.85. The summed E-state index contributed by atoms with van der Waals surface area (Å²) in [6, 6.07) is 2.12. The topological polar surface area (TPSA) is 31.7 Å². The van der Waals surface area contributed by atoms with Crippen LogP contribution in [0, 0.1) is 5.92 Å². The number of hydrogen-bond acceptors (Lipinski definition) is 4. The molecule has 0 spiro atoms. The van der Waals surface area contributed by atoms with Gasteiger partial charge in [0.2, 0.25) is 0 Å². The van der Waals surface area contributed by atoms with Gasteiger partial charge in [-0.25, -0.2) is 0 Å². The second kappa shape index (κ2) is 7.81. The second-order valence-corrected chi connectivity index (χ2v) is 6.13. The lowest BCUT2D eigenvalue weighted by Gasteiger charge is -2.33. The van der Waals surface area contributed by atoms with Gasteiger partial charge in [-0.05, 0) is 58.6 Å². The molecule has 1 N–H and O–H groups in total.